The molecule has 0 aliphatic carbocycles. The summed E-state index contributed by atoms with van der Waals surface area (Å²) in [6.07, 6.45) is 14.2. The average molecular weight is 829 g/mol. The van der Waals surface area contributed by atoms with Crippen molar-refractivity contribution in [2.75, 3.05) is 63.7 Å². The summed E-state index contributed by atoms with van der Waals surface area (Å²) in [5.74, 6) is -2.91. The van der Waals surface area contributed by atoms with Gasteiger partial charge in [0.25, 0.3) is 0 Å². The van der Waals surface area contributed by atoms with E-state index in [1.807, 2.05) is 22.6 Å². The molecule has 0 bridgehead atoms. The molecule has 290 valence electrons. The molecule has 0 radical (unpaired) electrons. The summed E-state index contributed by atoms with van der Waals surface area (Å²) in [6, 6.07) is -1.13. The Bertz CT molecular complexity index is 943. The number of unbranched alkanes of at least 4 members (excludes halogenated alkanes) is 12. The molecule has 16 heteroatoms. The largest absolute Gasteiger partial charge is 0.481 e. The topological polar surface area (TPSA) is 219 Å². The molecule has 0 rings (SSSR count). The molecular weight excluding hydrogens is 767 g/mol. The molecule has 0 spiro atoms. The van der Waals surface area contributed by atoms with Gasteiger partial charge in [-0.15, -0.1) is 0 Å². The number of halogens is 1. The first-order chi connectivity index (χ1) is 24.1. The van der Waals surface area contributed by atoms with E-state index in [9.17, 15) is 33.9 Å². The normalized spacial score (nSPS) is 11.5. The summed E-state index contributed by atoms with van der Waals surface area (Å²) in [5.41, 5.74) is 0. The van der Waals surface area contributed by atoms with Crippen molar-refractivity contribution in [3.05, 3.63) is 0 Å². The van der Waals surface area contributed by atoms with E-state index in [0.717, 1.165) is 44.9 Å². The molecule has 0 fully saturated rings. The smallest absolute Gasteiger partial charge is 0.326 e. The van der Waals surface area contributed by atoms with Crippen molar-refractivity contribution in [2.45, 2.75) is 115 Å². The number of rotatable bonds is 36. The second-order valence-corrected chi connectivity index (χ2v) is 12.7. The Morgan fingerprint density at radius 2 is 0.940 bits per heavy atom. The molecule has 0 unspecified atom stereocenters. The molecule has 0 aromatic heterocycles. The zero-order valence-corrected chi connectivity index (χ0v) is 31.8. The molecule has 4 amide bonds. The van der Waals surface area contributed by atoms with Crippen LogP contribution in [0.25, 0.3) is 0 Å². The lowest BCUT2D eigenvalue weighted by atomic mass is 10.0. The van der Waals surface area contributed by atoms with Gasteiger partial charge in [0.2, 0.25) is 23.6 Å². The van der Waals surface area contributed by atoms with Gasteiger partial charge in [0, 0.05) is 38.9 Å². The van der Waals surface area contributed by atoms with Crippen molar-refractivity contribution >= 4 is 58.2 Å². The molecule has 0 aromatic carbocycles. The summed E-state index contributed by atoms with van der Waals surface area (Å²) < 4.78 is 16.3. The van der Waals surface area contributed by atoms with Crippen LogP contribution in [-0.4, -0.2) is 116 Å². The lowest BCUT2D eigenvalue weighted by Crippen LogP contribution is -2.41. The van der Waals surface area contributed by atoms with Gasteiger partial charge in [-0.25, -0.2) is 4.79 Å². The Kier molecular flexibility index (Phi) is 33.1. The number of aliphatic carboxylic acids is 2. The maximum atomic E-state index is 12.3. The Morgan fingerprint density at radius 1 is 0.500 bits per heavy atom. The van der Waals surface area contributed by atoms with E-state index in [4.69, 9.17) is 19.3 Å². The zero-order chi connectivity index (χ0) is 37.1. The highest BCUT2D eigenvalue weighted by atomic mass is 127. The molecule has 0 aromatic rings. The lowest BCUT2D eigenvalue weighted by molar-refractivity contribution is -0.142. The molecule has 0 aliphatic rings. The van der Waals surface area contributed by atoms with E-state index in [-0.39, 0.29) is 82.3 Å². The van der Waals surface area contributed by atoms with Gasteiger partial charge in [-0.1, -0.05) is 93.2 Å². The maximum Gasteiger partial charge on any atom is 0.326 e. The number of hydrogen-bond donors (Lipinski definition) is 6. The second kappa shape index (κ2) is 34.9. The minimum Gasteiger partial charge on any atom is -0.481 e. The summed E-state index contributed by atoms with van der Waals surface area (Å²) >= 11 is 1.97. The number of carboxylic acids is 2. The fourth-order valence-corrected chi connectivity index (χ4v) is 5.04. The first kappa shape index (κ1) is 47.4. The monoisotopic (exact) mass is 828 g/mol. The van der Waals surface area contributed by atoms with Gasteiger partial charge in [0.05, 0.1) is 37.5 Å². The number of amides is 4. The third-order valence-electron chi connectivity index (χ3n) is 7.52. The molecule has 1 atom stereocenters. The summed E-state index contributed by atoms with van der Waals surface area (Å²) in [7, 11) is 0. The molecular formula is C34H61IN4O11. The van der Waals surface area contributed by atoms with Crippen LogP contribution in [0, 0.1) is 0 Å². The molecule has 6 N–H and O–H groups in total. The van der Waals surface area contributed by atoms with Gasteiger partial charge in [-0.05, 0) is 19.3 Å². The Labute approximate surface area is 310 Å². The van der Waals surface area contributed by atoms with Crippen molar-refractivity contribution in [1.82, 2.24) is 21.3 Å². The highest BCUT2D eigenvalue weighted by molar-refractivity contribution is 14.1. The molecule has 0 heterocycles. The van der Waals surface area contributed by atoms with Crippen LogP contribution in [0.2, 0.25) is 0 Å². The Morgan fingerprint density at radius 3 is 1.44 bits per heavy atom. The van der Waals surface area contributed by atoms with Crippen molar-refractivity contribution in [2.24, 2.45) is 0 Å². The van der Waals surface area contributed by atoms with Crippen LogP contribution in [-0.2, 0) is 43.0 Å². The minimum atomic E-state index is -1.18. The van der Waals surface area contributed by atoms with Crippen molar-refractivity contribution < 1.29 is 53.2 Å². The van der Waals surface area contributed by atoms with Gasteiger partial charge in [0.15, 0.2) is 0 Å². The quantitative estimate of drug-likeness (QED) is 0.0306. The first-order valence-corrected chi connectivity index (χ1v) is 19.5. The van der Waals surface area contributed by atoms with Gasteiger partial charge < -0.3 is 45.7 Å². The highest BCUT2D eigenvalue weighted by Crippen LogP contribution is 2.13. The molecule has 0 saturated heterocycles. The number of ether oxygens (including phenoxy) is 3. The van der Waals surface area contributed by atoms with E-state index in [1.165, 1.54) is 32.1 Å². The van der Waals surface area contributed by atoms with Crippen LogP contribution in [0.1, 0.15) is 109 Å². The predicted molar refractivity (Wildman–Crippen MR) is 196 cm³/mol. The van der Waals surface area contributed by atoms with Crippen molar-refractivity contribution in [3.63, 3.8) is 0 Å². The van der Waals surface area contributed by atoms with Crippen molar-refractivity contribution in [1.29, 1.82) is 0 Å². The van der Waals surface area contributed by atoms with Crippen LogP contribution in [0.15, 0.2) is 0 Å². The van der Waals surface area contributed by atoms with Crippen molar-refractivity contribution in [3.8, 4) is 0 Å². The SMILES string of the molecule is O=C(O)CCCCCCCCCCCCCCCC(=O)N[C@@H](CCC(=O)NCCOCCOCC(=O)NCCOCCNC(=O)CI)C(=O)O. The van der Waals surface area contributed by atoms with Crippen LogP contribution in [0.5, 0.6) is 0 Å². The fourth-order valence-electron chi connectivity index (χ4n) is 4.77. The van der Waals surface area contributed by atoms with E-state index >= 15 is 0 Å². The van der Waals surface area contributed by atoms with Crippen LogP contribution in [0.3, 0.4) is 0 Å². The minimum absolute atomic E-state index is 0.0164. The average Bonchev–Trinajstić information content (AvgIpc) is 3.08. The molecule has 0 saturated carbocycles. The van der Waals surface area contributed by atoms with Gasteiger partial charge in [0.1, 0.15) is 12.6 Å². The van der Waals surface area contributed by atoms with Crippen LogP contribution >= 0.6 is 22.6 Å². The van der Waals surface area contributed by atoms with E-state index in [0.29, 0.717) is 37.2 Å². The summed E-state index contributed by atoms with van der Waals surface area (Å²) in [4.78, 5) is 69.3. The maximum absolute atomic E-state index is 12.3. The number of carbonyl (C=O) groups excluding carboxylic acids is 4. The molecule has 0 aliphatic heterocycles. The fraction of sp³-hybridized carbons (Fsp3) is 0.824. The van der Waals surface area contributed by atoms with Gasteiger partial charge >= 0.3 is 11.9 Å². The van der Waals surface area contributed by atoms with Gasteiger partial charge in [-0.3, -0.25) is 24.0 Å². The molecule has 50 heavy (non-hydrogen) atoms. The van der Waals surface area contributed by atoms with Crippen LogP contribution < -0.4 is 21.3 Å². The standard InChI is InChI=1S/C34H61IN4O11/c35-26-31(42)37-19-21-48-22-20-38-32(43)27-50-25-24-49-23-18-36-29(40)17-16-28(34(46)47)39-30(41)14-12-10-8-6-4-2-1-3-5-7-9-11-13-15-33(44)45/h28H,1-27H2,(H,36,40)(H,37,42)(H,38,43)(H,39,41)(H,44,45)(H,46,47)/t28-/m0/s1. The number of nitrogens with one attached hydrogen (secondary N) is 4. The third kappa shape index (κ3) is 33.9. The second-order valence-electron chi connectivity index (χ2n) is 11.9. The first-order valence-electron chi connectivity index (χ1n) is 18.0. The number of carboxylic acid groups (broad SMARTS) is 2. The number of alkyl halides is 1. The van der Waals surface area contributed by atoms with E-state index < -0.39 is 18.0 Å². The van der Waals surface area contributed by atoms with Gasteiger partial charge in [-0.2, -0.15) is 0 Å². The third-order valence-corrected chi connectivity index (χ3v) is 8.21. The van der Waals surface area contributed by atoms with E-state index in [1.54, 1.807) is 0 Å². The number of carbonyl (C=O) groups is 6. The zero-order valence-electron chi connectivity index (χ0n) is 29.6. The molecule has 15 nitrogen and oxygen atoms in total. The summed E-state index contributed by atoms with van der Waals surface area (Å²) in [6.45, 7) is 2.15. The summed E-state index contributed by atoms with van der Waals surface area (Å²) in [5, 5.41) is 28.6. The van der Waals surface area contributed by atoms with E-state index in [2.05, 4.69) is 21.3 Å². The number of hydrogen-bond acceptors (Lipinski definition) is 9. The van der Waals surface area contributed by atoms with Crippen LogP contribution in [0.4, 0.5) is 0 Å². The highest BCUT2D eigenvalue weighted by Gasteiger charge is 2.20. The predicted octanol–water partition coefficient (Wildman–Crippen LogP) is 3.11. The Hall–Kier alpha value is -2.57. The Balaban J connectivity index is 3.68. The lowest BCUT2D eigenvalue weighted by Gasteiger charge is -2.14.